The van der Waals surface area contributed by atoms with E-state index < -0.39 is 11.9 Å². The predicted molar refractivity (Wildman–Crippen MR) is 78.0 cm³/mol. The van der Waals surface area contributed by atoms with Gasteiger partial charge in [-0.1, -0.05) is 37.5 Å². The number of hydrogen-bond donors (Lipinski definition) is 3. The Kier molecular flexibility index (Phi) is 5.20. The summed E-state index contributed by atoms with van der Waals surface area (Å²) in [6.07, 6.45) is 4.21. The number of carboxylic acids is 1. The summed E-state index contributed by atoms with van der Waals surface area (Å²) in [5.74, 6) is -1.51. The van der Waals surface area contributed by atoms with Crippen molar-refractivity contribution in [1.82, 2.24) is 5.32 Å². The van der Waals surface area contributed by atoms with Crippen molar-refractivity contribution in [3.8, 4) is 5.75 Å². The summed E-state index contributed by atoms with van der Waals surface area (Å²) in [6.45, 7) is 0. The van der Waals surface area contributed by atoms with Crippen molar-refractivity contribution in [2.24, 2.45) is 5.92 Å². The lowest BCUT2D eigenvalue weighted by Gasteiger charge is -2.23. The largest absolute Gasteiger partial charge is 0.508 e. The second kappa shape index (κ2) is 7.11. The smallest absolute Gasteiger partial charge is 0.308 e. The Morgan fingerprint density at radius 2 is 1.86 bits per heavy atom. The number of aliphatic carboxylic acids is 1. The topological polar surface area (TPSA) is 86.6 Å². The van der Waals surface area contributed by atoms with Crippen LogP contribution in [0.3, 0.4) is 0 Å². The van der Waals surface area contributed by atoms with Crippen molar-refractivity contribution >= 4 is 11.9 Å². The first-order valence-corrected chi connectivity index (χ1v) is 7.37. The molecule has 0 bridgehead atoms. The normalized spacial score (nSPS) is 22.3. The predicted octanol–water partition coefficient (Wildman–Crippen LogP) is 2.08. The van der Waals surface area contributed by atoms with E-state index in [2.05, 4.69) is 5.32 Å². The van der Waals surface area contributed by atoms with Gasteiger partial charge in [-0.05, 0) is 18.9 Å². The summed E-state index contributed by atoms with van der Waals surface area (Å²) in [5, 5.41) is 21.8. The maximum atomic E-state index is 12.1. The quantitative estimate of drug-likeness (QED) is 0.741. The van der Waals surface area contributed by atoms with Crippen LogP contribution in [0.2, 0.25) is 0 Å². The van der Waals surface area contributed by atoms with Crippen molar-refractivity contribution in [2.45, 2.75) is 44.6 Å². The minimum atomic E-state index is -0.843. The maximum Gasteiger partial charge on any atom is 0.308 e. The maximum absolute atomic E-state index is 12.1. The van der Waals surface area contributed by atoms with Crippen LogP contribution in [0, 0.1) is 5.92 Å². The molecule has 0 aromatic heterocycles. The molecular weight excluding hydrogens is 270 g/mol. The van der Waals surface area contributed by atoms with E-state index in [0.717, 1.165) is 19.3 Å². The van der Waals surface area contributed by atoms with Gasteiger partial charge < -0.3 is 15.5 Å². The molecule has 5 nitrogen and oxygen atoms in total. The van der Waals surface area contributed by atoms with Gasteiger partial charge in [0.15, 0.2) is 0 Å². The van der Waals surface area contributed by atoms with Crippen LogP contribution in [0.4, 0.5) is 0 Å². The first-order valence-electron chi connectivity index (χ1n) is 7.37. The van der Waals surface area contributed by atoms with Crippen LogP contribution in [-0.4, -0.2) is 28.1 Å². The Hall–Kier alpha value is -2.04. The molecule has 114 valence electrons. The Balaban J connectivity index is 2.00. The molecule has 0 heterocycles. The number of benzene rings is 1. The number of carboxylic acid groups (broad SMARTS) is 1. The number of carbonyl (C=O) groups excluding carboxylic acids is 1. The van der Waals surface area contributed by atoms with Gasteiger partial charge in [0.2, 0.25) is 5.91 Å². The monoisotopic (exact) mass is 291 g/mol. The average Bonchev–Trinajstić information content (AvgIpc) is 2.67. The van der Waals surface area contributed by atoms with Crippen molar-refractivity contribution in [1.29, 1.82) is 0 Å². The first-order chi connectivity index (χ1) is 10.1. The van der Waals surface area contributed by atoms with Gasteiger partial charge in [0.25, 0.3) is 0 Å². The summed E-state index contributed by atoms with van der Waals surface area (Å²) in [6, 6.07) is 6.37. The van der Waals surface area contributed by atoms with Gasteiger partial charge in [-0.3, -0.25) is 9.59 Å². The van der Waals surface area contributed by atoms with Crippen LogP contribution in [0.25, 0.3) is 0 Å². The van der Waals surface area contributed by atoms with Crippen molar-refractivity contribution in [3.63, 3.8) is 0 Å². The molecule has 0 spiro atoms. The number of amides is 1. The van der Waals surface area contributed by atoms with Gasteiger partial charge in [0.1, 0.15) is 5.75 Å². The number of aromatic hydroxyl groups is 1. The minimum absolute atomic E-state index is 0.0650. The Morgan fingerprint density at radius 3 is 2.57 bits per heavy atom. The third-order valence-electron chi connectivity index (χ3n) is 4.02. The lowest BCUT2D eigenvalue weighted by atomic mass is 9.94. The number of nitrogens with one attached hydrogen (secondary N) is 1. The molecule has 2 unspecified atom stereocenters. The fraction of sp³-hybridized carbons (Fsp3) is 0.500. The summed E-state index contributed by atoms with van der Waals surface area (Å²) in [5.41, 5.74) is 0.551. The van der Waals surface area contributed by atoms with Crippen molar-refractivity contribution in [3.05, 3.63) is 29.8 Å². The highest BCUT2D eigenvalue weighted by molar-refractivity contribution is 5.80. The van der Waals surface area contributed by atoms with Crippen molar-refractivity contribution in [2.75, 3.05) is 0 Å². The van der Waals surface area contributed by atoms with Crippen LogP contribution in [-0.2, 0) is 16.0 Å². The SMILES string of the molecule is O=C(Cc1ccccc1O)NC1CCCCCC1C(=O)O. The second-order valence-electron chi connectivity index (χ2n) is 5.56. The highest BCUT2D eigenvalue weighted by Gasteiger charge is 2.30. The van der Waals surface area contributed by atoms with Crippen LogP contribution in [0.5, 0.6) is 5.75 Å². The van der Waals surface area contributed by atoms with E-state index in [0.29, 0.717) is 18.4 Å². The van der Waals surface area contributed by atoms with Gasteiger partial charge in [-0.25, -0.2) is 0 Å². The standard InChI is InChI=1S/C16H21NO4/c18-14-9-5-4-6-11(14)10-15(19)17-13-8-3-1-2-7-12(13)16(20)21/h4-6,9,12-13,18H,1-3,7-8,10H2,(H,17,19)(H,20,21). The van der Waals surface area contributed by atoms with Gasteiger partial charge in [-0.15, -0.1) is 0 Å². The molecule has 1 amide bonds. The Bertz CT molecular complexity index is 515. The molecule has 0 saturated heterocycles. The van der Waals surface area contributed by atoms with Gasteiger partial charge in [-0.2, -0.15) is 0 Å². The molecular formula is C16H21NO4. The number of carbonyl (C=O) groups is 2. The molecule has 1 fully saturated rings. The second-order valence-corrected chi connectivity index (χ2v) is 5.56. The van der Waals surface area contributed by atoms with E-state index in [9.17, 15) is 19.8 Å². The van der Waals surface area contributed by atoms with Gasteiger partial charge in [0.05, 0.1) is 12.3 Å². The molecule has 1 aliphatic rings. The third-order valence-corrected chi connectivity index (χ3v) is 4.02. The Morgan fingerprint density at radius 1 is 1.14 bits per heavy atom. The molecule has 5 heteroatoms. The third kappa shape index (κ3) is 4.21. The lowest BCUT2D eigenvalue weighted by Crippen LogP contribution is -2.43. The summed E-state index contributed by atoms with van der Waals surface area (Å²) < 4.78 is 0. The zero-order valence-electron chi connectivity index (χ0n) is 11.9. The number of phenolic OH excluding ortho intramolecular Hbond substituents is 1. The highest BCUT2D eigenvalue weighted by atomic mass is 16.4. The van der Waals surface area contributed by atoms with Gasteiger partial charge in [0, 0.05) is 11.6 Å². The van der Waals surface area contributed by atoms with Crippen molar-refractivity contribution < 1.29 is 19.8 Å². The van der Waals surface area contributed by atoms with Crippen LogP contribution >= 0.6 is 0 Å². The van der Waals surface area contributed by atoms with E-state index in [4.69, 9.17) is 0 Å². The zero-order valence-corrected chi connectivity index (χ0v) is 11.9. The van der Waals surface area contributed by atoms with E-state index in [-0.39, 0.29) is 24.1 Å². The van der Waals surface area contributed by atoms with E-state index in [1.165, 1.54) is 6.07 Å². The van der Waals surface area contributed by atoms with E-state index >= 15 is 0 Å². The van der Waals surface area contributed by atoms with E-state index in [1.807, 2.05) is 0 Å². The molecule has 1 saturated carbocycles. The highest BCUT2D eigenvalue weighted by Crippen LogP contribution is 2.24. The molecule has 21 heavy (non-hydrogen) atoms. The van der Waals surface area contributed by atoms with Gasteiger partial charge >= 0.3 is 5.97 Å². The summed E-state index contributed by atoms with van der Waals surface area (Å²) in [4.78, 5) is 23.4. The lowest BCUT2D eigenvalue weighted by molar-refractivity contribution is -0.143. The molecule has 2 rings (SSSR count). The van der Waals surface area contributed by atoms with E-state index in [1.54, 1.807) is 18.2 Å². The zero-order chi connectivity index (χ0) is 15.2. The molecule has 1 aliphatic carbocycles. The number of phenols is 1. The number of para-hydroxylation sites is 1. The fourth-order valence-corrected chi connectivity index (χ4v) is 2.87. The van der Waals surface area contributed by atoms with Crippen LogP contribution in [0.15, 0.2) is 24.3 Å². The number of hydrogen-bond acceptors (Lipinski definition) is 3. The summed E-state index contributed by atoms with van der Waals surface area (Å²) in [7, 11) is 0. The molecule has 0 radical (unpaired) electrons. The number of rotatable bonds is 4. The molecule has 2 atom stereocenters. The fourth-order valence-electron chi connectivity index (χ4n) is 2.87. The minimum Gasteiger partial charge on any atom is -0.508 e. The summed E-state index contributed by atoms with van der Waals surface area (Å²) >= 11 is 0. The molecule has 0 aliphatic heterocycles. The molecule has 3 N–H and O–H groups in total. The first kappa shape index (κ1) is 15.4. The van der Waals surface area contributed by atoms with Crippen LogP contribution < -0.4 is 5.32 Å². The average molecular weight is 291 g/mol. The van der Waals surface area contributed by atoms with Crippen LogP contribution in [0.1, 0.15) is 37.7 Å². The molecule has 1 aromatic carbocycles. The molecule has 1 aromatic rings. The Labute approximate surface area is 124 Å².